The first-order valence-corrected chi connectivity index (χ1v) is 6.97. The first-order valence-electron chi connectivity index (χ1n) is 5.30. The van der Waals surface area contributed by atoms with Crippen molar-refractivity contribution in [3.63, 3.8) is 0 Å². The number of carbonyl (C=O) groups excluding carboxylic acids is 1. The number of rotatable bonds is 7. The lowest BCUT2D eigenvalue weighted by Gasteiger charge is -2.04. The maximum Gasteiger partial charge on any atom is 0.220 e. The highest BCUT2D eigenvalue weighted by Gasteiger charge is 2.04. The Morgan fingerprint density at radius 1 is 1.62 bits per heavy atom. The molecule has 0 atom stereocenters. The largest absolute Gasteiger partial charge is 0.382 e. The molecule has 0 unspecified atom stereocenters. The van der Waals surface area contributed by atoms with E-state index in [1.807, 2.05) is 18.4 Å². The normalized spacial score (nSPS) is 10.4. The molecule has 0 aliphatic heterocycles. The highest BCUT2D eigenvalue weighted by atomic mass is 79.9. The number of hydrogen-bond acceptors (Lipinski definition) is 3. The molecule has 0 bridgehead atoms. The third-order valence-electron chi connectivity index (χ3n) is 2.03. The molecule has 1 N–H and O–H groups in total. The van der Waals surface area contributed by atoms with E-state index in [0.717, 1.165) is 15.8 Å². The molecule has 0 aliphatic rings. The number of carbonyl (C=O) groups is 1. The minimum Gasteiger partial charge on any atom is -0.382 e. The quantitative estimate of drug-likeness (QED) is 0.787. The first kappa shape index (κ1) is 13.7. The Kier molecular flexibility index (Phi) is 6.68. The molecule has 0 saturated carbocycles. The van der Waals surface area contributed by atoms with E-state index in [-0.39, 0.29) is 5.91 Å². The fourth-order valence-electron chi connectivity index (χ4n) is 1.20. The van der Waals surface area contributed by atoms with Crippen LogP contribution in [-0.4, -0.2) is 19.1 Å². The van der Waals surface area contributed by atoms with Crippen LogP contribution in [0.4, 0.5) is 0 Å². The lowest BCUT2D eigenvalue weighted by molar-refractivity contribution is -0.121. The lowest BCUT2D eigenvalue weighted by atomic mass is 10.3. The molecule has 5 heteroatoms. The average Bonchev–Trinajstić information content (AvgIpc) is 2.67. The maximum absolute atomic E-state index is 11.4. The molecule has 0 spiro atoms. The molecule has 0 saturated heterocycles. The fraction of sp³-hybridized carbons (Fsp3) is 0.545. The van der Waals surface area contributed by atoms with Gasteiger partial charge in [-0.3, -0.25) is 4.79 Å². The fourth-order valence-corrected chi connectivity index (χ4v) is 2.63. The SMILES string of the molecule is CCOCCCC(=O)NCc1sccc1Br. The summed E-state index contributed by atoms with van der Waals surface area (Å²) in [7, 11) is 0. The van der Waals surface area contributed by atoms with Gasteiger partial charge in [0.1, 0.15) is 0 Å². The molecular weight excluding hydrogens is 290 g/mol. The van der Waals surface area contributed by atoms with Gasteiger partial charge in [0, 0.05) is 29.0 Å². The second kappa shape index (κ2) is 7.81. The van der Waals surface area contributed by atoms with Crippen LogP contribution >= 0.6 is 27.3 Å². The molecule has 0 aromatic carbocycles. The number of hydrogen-bond donors (Lipinski definition) is 1. The van der Waals surface area contributed by atoms with E-state index in [4.69, 9.17) is 4.74 Å². The van der Waals surface area contributed by atoms with Gasteiger partial charge < -0.3 is 10.1 Å². The molecule has 90 valence electrons. The lowest BCUT2D eigenvalue weighted by Crippen LogP contribution is -2.22. The molecule has 1 heterocycles. The highest BCUT2D eigenvalue weighted by molar-refractivity contribution is 9.10. The van der Waals surface area contributed by atoms with Gasteiger partial charge in [-0.15, -0.1) is 11.3 Å². The van der Waals surface area contributed by atoms with E-state index in [0.29, 0.717) is 26.2 Å². The third-order valence-corrected chi connectivity index (χ3v) is 3.96. The Hall–Kier alpha value is -0.390. The molecule has 0 aliphatic carbocycles. The summed E-state index contributed by atoms with van der Waals surface area (Å²) in [5.74, 6) is 0.0833. The molecule has 16 heavy (non-hydrogen) atoms. The zero-order valence-electron chi connectivity index (χ0n) is 9.29. The Morgan fingerprint density at radius 3 is 3.06 bits per heavy atom. The third kappa shape index (κ3) is 5.09. The summed E-state index contributed by atoms with van der Waals surface area (Å²) in [5.41, 5.74) is 0. The monoisotopic (exact) mass is 305 g/mol. The Morgan fingerprint density at radius 2 is 2.44 bits per heavy atom. The predicted molar refractivity (Wildman–Crippen MR) is 69.6 cm³/mol. The number of amides is 1. The number of halogens is 1. The summed E-state index contributed by atoms with van der Waals surface area (Å²) in [6, 6.07) is 1.99. The van der Waals surface area contributed by atoms with Crippen LogP contribution in [0, 0.1) is 0 Å². The van der Waals surface area contributed by atoms with Crippen molar-refractivity contribution in [2.75, 3.05) is 13.2 Å². The van der Waals surface area contributed by atoms with Crippen molar-refractivity contribution in [2.45, 2.75) is 26.3 Å². The summed E-state index contributed by atoms with van der Waals surface area (Å²) < 4.78 is 6.23. The van der Waals surface area contributed by atoms with Crippen LogP contribution in [0.1, 0.15) is 24.6 Å². The number of nitrogens with one attached hydrogen (secondary N) is 1. The molecule has 1 rings (SSSR count). The molecule has 0 fully saturated rings. The van der Waals surface area contributed by atoms with Crippen LogP contribution in [0.2, 0.25) is 0 Å². The van der Waals surface area contributed by atoms with Gasteiger partial charge in [-0.25, -0.2) is 0 Å². The zero-order valence-corrected chi connectivity index (χ0v) is 11.7. The second-order valence-corrected chi connectivity index (χ2v) is 5.12. The van der Waals surface area contributed by atoms with Crippen LogP contribution in [0.25, 0.3) is 0 Å². The predicted octanol–water partition coefficient (Wildman–Crippen LogP) is 2.94. The van der Waals surface area contributed by atoms with Crippen LogP contribution in [0.5, 0.6) is 0 Å². The van der Waals surface area contributed by atoms with Crippen LogP contribution in [-0.2, 0) is 16.1 Å². The molecule has 1 amide bonds. The first-order chi connectivity index (χ1) is 7.74. The van der Waals surface area contributed by atoms with Gasteiger partial charge in [0.2, 0.25) is 5.91 Å². The average molecular weight is 306 g/mol. The molecule has 0 radical (unpaired) electrons. The smallest absolute Gasteiger partial charge is 0.220 e. The van der Waals surface area contributed by atoms with E-state index in [1.54, 1.807) is 11.3 Å². The van der Waals surface area contributed by atoms with E-state index < -0.39 is 0 Å². The van der Waals surface area contributed by atoms with Crippen molar-refractivity contribution < 1.29 is 9.53 Å². The minimum atomic E-state index is 0.0833. The van der Waals surface area contributed by atoms with Crippen LogP contribution < -0.4 is 5.32 Å². The standard InChI is InChI=1S/C11H16BrNO2S/c1-2-15-6-3-4-11(14)13-8-10-9(12)5-7-16-10/h5,7H,2-4,6,8H2,1H3,(H,13,14). The molecular formula is C11H16BrNO2S. The van der Waals surface area contributed by atoms with Gasteiger partial charge in [0.05, 0.1) is 6.54 Å². The van der Waals surface area contributed by atoms with Crippen LogP contribution in [0.3, 0.4) is 0 Å². The van der Waals surface area contributed by atoms with Gasteiger partial charge in [0.15, 0.2) is 0 Å². The Bertz CT molecular complexity index is 328. The van der Waals surface area contributed by atoms with Crippen molar-refractivity contribution >= 4 is 33.2 Å². The summed E-state index contributed by atoms with van der Waals surface area (Å²) in [4.78, 5) is 12.6. The van der Waals surface area contributed by atoms with Crippen LogP contribution in [0.15, 0.2) is 15.9 Å². The van der Waals surface area contributed by atoms with Gasteiger partial charge in [-0.2, -0.15) is 0 Å². The van der Waals surface area contributed by atoms with E-state index >= 15 is 0 Å². The van der Waals surface area contributed by atoms with Crippen molar-refractivity contribution in [1.82, 2.24) is 5.32 Å². The van der Waals surface area contributed by atoms with Gasteiger partial charge >= 0.3 is 0 Å². The Balaban J connectivity index is 2.13. The zero-order chi connectivity index (χ0) is 11.8. The highest BCUT2D eigenvalue weighted by Crippen LogP contribution is 2.22. The maximum atomic E-state index is 11.4. The summed E-state index contributed by atoms with van der Waals surface area (Å²) >= 11 is 5.07. The molecule has 1 aromatic rings. The topological polar surface area (TPSA) is 38.3 Å². The molecule has 3 nitrogen and oxygen atoms in total. The van der Waals surface area contributed by atoms with E-state index in [2.05, 4.69) is 21.2 Å². The van der Waals surface area contributed by atoms with Crippen molar-refractivity contribution in [2.24, 2.45) is 0 Å². The van der Waals surface area contributed by atoms with Crippen molar-refractivity contribution in [3.8, 4) is 0 Å². The summed E-state index contributed by atoms with van der Waals surface area (Å²) in [6.07, 6.45) is 1.31. The minimum absolute atomic E-state index is 0.0833. The van der Waals surface area contributed by atoms with E-state index in [9.17, 15) is 4.79 Å². The van der Waals surface area contributed by atoms with Crippen molar-refractivity contribution in [3.05, 3.63) is 20.8 Å². The van der Waals surface area contributed by atoms with E-state index in [1.165, 1.54) is 0 Å². The summed E-state index contributed by atoms with van der Waals surface area (Å²) in [5, 5.41) is 4.89. The van der Waals surface area contributed by atoms with Gasteiger partial charge in [-0.1, -0.05) is 0 Å². The summed E-state index contributed by atoms with van der Waals surface area (Å²) in [6.45, 7) is 3.93. The van der Waals surface area contributed by atoms with Gasteiger partial charge in [0.25, 0.3) is 0 Å². The van der Waals surface area contributed by atoms with Gasteiger partial charge in [-0.05, 0) is 40.7 Å². The second-order valence-electron chi connectivity index (χ2n) is 3.27. The molecule has 1 aromatic heterocycles. The number of ether oxygens (including phenoxy) is 1. The Labute approximate surface area is 108 Å². The number of thiophene rings is 1. The van der Waals surface area contributed by atoms with Crippen molar-refractivity contribution in [1.29, 1.82) is 0 Å².